The van der Waals surface area contributed by atoms with Crippen LogP contribution in [0, 0.1) is 11.8 Å². The summed E-state index contributed by atoms with van der Waals surface area (Å²) in [4.78, 5) is 11.9. The number of rotatable bonds is 2. The van der Waals surface area contributed by atoms with Crippen LogP contribution >= 0.6 is 0 Å². The molecule has 1 saturated carbocycles. The minimum Gasteiger partial charge on any atom is -0.510 e. The van der Waals surface area contributed by atoms with Gasteiger partial charge >= 0.3 is 6.09 Å². The SMILES string of the molecule is CC1CCCC(OC(=O)NC2=C(O)CCC=C2)C1C. The number of aliphatic hydroxyl groups excluding tert-OH is 1. The summed E-state index contributed by atoms with van der Waals surface area (Å²) in [5.41, 5.74) is 0.466. The average molecular weight is 265 g/mol. The van der Waals surface area contributed by atoms with Crippen LogP contribution in [0.5, 0.6) is 0 Å². The maximum atomic E-state index is 11.9. The zero-order valence-electron chi connectivity index (χ0n) is 11.7. The molecule has 0 aliphatic heterocycles. The highest BCUT2D eigenvalue weighted by Gasteiger charge is 2.30. The first-order chi connectivity index (χ1) is 9.08. The van der Waals surface area contributed by atoms with Crippen molar-refractivity contribution in [2.45, 2.75) is 52.1 Å². The Balaban J connectivity index is 1.89. The Labute approximate surface area is 114 Å². The molecule has 0 heterocycles. The van der Waals surface area contributed by atoms with E-state index in [1.165, 1.54) is 6.42 Å². The van der Waals surface area contributed by atoms with E-state index in [1.54, 1.807) is 6.08 Å². The lowest BCUT2D eigenvalue weighted by atomic mass is 9.79. The van der Waals surface area contributed by atoms with Crippen molar-refractivity contribution in [3.05, 3.63) is 23.6 Å². The average Bonchev–Trinajstić information content (AvgIpc) is 2.38. The standard InChI is InChI=1S/C15H23NO3/c1-10-6-5-9-14(11(10)2)19-15(18)16-12-7-3-4-8-13(12)17/h3,7,10-11,14,17H,4-6,8-9H2,1-2H3,(H,16,18). The normalized spacial score (nSPS) is 31.2. The molecule has 1 amide bonds. The Bertz CT molecular complexity index is 400. The van der Waals surface area contributed by atoms with Gasteiger partial charge in [0.2, 0.25) is 0 Å². The van der Waals surface area contributed by atoms with Crippen LogP contribution < -0.4 is 5.32 Å². The number of allylic oxidation sites excluding steroid dienone is 3. The van der Waals surface area contributed by atoms with Gasteiger partial charge in [-0.1, -0.05) is 26.3 Å². The minimum atomic E-state index is -0.459. The van der Waals surface area contributed by atoms with E-state index in [4.69, 9.17) is 4.74 Å². The van der Waals surface area contributed by atoms with Crippen LogP contribution in [0.4, 0.5) is 4.79 Å². The fourth-order valence-electron chi connectivity index (χ4n) is 2.74. The zero-order valence-corrected chi connectivity index (χ0v) is 11.7. The molecule has 0 aromatic rings. The molecule has 106 valence electrons. The van der Waals surface area contributed by atoms with Crippen LogP contribution in [0.2, 0.25) is 0 Å². The highest BCUT2D eigenvalue weighted by molar-refractivity contribution is 5.70. The first-order valence-corrected chi connectivity index (χ1v) is 7.14. The summed E-state index contributed by atoms with van der Waals surface area (Å²) in [6.07, 6.45) is 7.81. The molecule has 0 saturated heterocycles. The number of hydrogen-bond donors (Lipinski definition) is 2. The molecule has 2 aliphatic rings. The molecule has 3 atom stereocenters. The largest absolute Gasteiger partial charge is 0.510 e. The van der Waals surface area contributed by atoms with Gasteiger partial charge in [-0.3, -0.25) is 5.32 Å². The molecule has 2 rings (SSSR count). The lowest BCUT2D eigenvalue weighted by Gasteiger charge is -2.33. The van der Waals surface area contributed by atoms with Gasteiger partial charge in [0, 0.05) is 6.42 Å². The molecular formula is C15H23NO3. The minimum absolute atomic E-state index is 0.0148. The Morgan fingerprint density at radius 2 is 2.21 bits per heavy atom. The summed E-state index contributed by atoms with van der Waals surface area (Å²) in [6, 6.07) is 0. The number of hydrogen-bond acceptors (Lipinski definition) is 3. The number of aliphatic hydroxyl groups is 1. The van der Waals surface area contributed by atoms with Gasteiger partial charge < -0.3 is 9.84 Å². The van der Waals surface area contributed by atoms with E-state index >= 15 is 0 Å². The van der Waals surface area contributed by atoms with Gasteiger partial charge in [0.05, 0.1) is 5.70 Å². The smallest absolute Gasteiger partial charge is 0.412 e. The van der Waals surface area contributed by atoms with Crippen molar-refractivity contribution in [1.29, 1.82) is 0 Å². The summed E-state index contributed by atoms with van der Waals surface area (Å²) in [5.74, 6) is 1.21. The third-order valence-electron chi connectivity index (χ3n) is 4.27. The molecule has 2 aliphatic carbocycles. The van der Waals surface area contributed by atoms with Gasteiger partial charge in [-0.05, 0) is 37.2 Å². The molecule has 4 heteroatoms. The van der Waals surface area contributed by atoms with Crippen LogP contribution in [0.25, 0.3) is 0 Å². The Hall–Kier alpha value is -1.45. The topological polar surface area (TPSA) is 58.6 Å². The van der Waals surface area contributed by atoms with Crippen molar-refractivity contribution in [2.24, 2.45) is 11.8 Å². The van der Waals surface area contributed by atoms with Gasteiger partial charge in [0.15, 0.2) is 0 Å². The van der Waals surface area contributed by atoms with Crippen LogP contribution in [-0.2, 0) is 4.74 Å². The molecular weight excluding hydrogens is 242 g/mol. The molecule has 2 N–H and O–H groups in total. The van der Waals surface area contributed by atoms with Gasteiger partial charge in [-0.2, -0.15) is 0 Å². The summed E-state index contributed by atoms with van der Waals surface area (Å²) in [7, 11) is 0. The van der Waals surface area contributed by atoms with Gasteiger partial charge in [0.1, 0.15) is 11.9 Å². The number of alkyl carbamates (subject to hydrolysis) is 1. The van der Waals surface area contributed by atoms with Crippen LogP contribution in [-0.4, -0.2) is 17.3 Å². The number of carbonyl (C=O) groups is 1. The lowest BCUT2D eigenvalue weighted by Crippen LogP contribution is -2.36. The maximum absolute atomic E-state index is 11.9. The Kier molecular flexibility index (Phi) is 4.51. The molecule has 0 aromatic carbocycles. The molecule has 19 heavy (non-hydrogen) atoms. The molecule has 3 unspecified atom stereocenters. The predicted molar refractivity (Wildman–Crippen MR) is 73.6 cm³/mol. The van der Waals surface area contributed by atoms with E-state index in [0.717, 1.165) is 19.3 Å². The van der Waals surface area contributed by atoms with Crippen LogP contribution in [0.1, 0.15) is 46.0 Å². The second-order valence-corrected chi connectivity index (χ2v) is 5.64. The monoisotopic (exact) mass is 265 g/mol. The Morgan fingerprint density at radius 3 is 2.95 bits per heavy atom. The molecule has 0 aromatic heterocycles. The third-order valence-corrected chi connectivity index (χ3v) is 4.27. The predicted octanol–water partition coefficient (Wildman–Crippen LogP) is 3.66. The summed E-state index contributed by atoms with van der Waals surface area (Å²) in [5, 5.41) is 12.3. The van der Waals surface area contributed by atoms with E-state index in [2.05, 4.69) is 19.2 Å². The van der Waals surface area contributed by atoms with Crippen molar-refractivity contribution in [3.8, 4) is 0 Å². The maximum Gasteiger partial charge on any atom is 0.412 e. The first kappa shape index (κ1) is 14.0. The third kappa shape index (κ3) is 3.52. The second-order valence-electron chi connectivity index (χ2n) is 5.64. The number of carbonyl (C=O) groups excluding carboxylic acids is 1. The number of amides is 1. The molecule has 1 fully saturated rings. The van der Waals surface area contributed by atoms with E-state index in [9.17, 15) is 9.90 Å². The van der Waals surface area contributed by atoms with E-state index in [-0.39, 0.29) is 11.9 Å². The van der Waals surface area contributed by atoms with Crippen molar-refractivity contribution in [1.82, 2.24) is 5.32 Å². The quantitative estimate of drug-likeness (QED) is 0.801. The van der Waals surface area contributed by atoms with Crippen LogP contribution in [0.3, 0.4) is 0 Å². The molecule has 4 nitrogen and oxygen atoms in total. The van der Waals surface area contributed by atoms with Crippen molar-refractivity contribution < 1.29 is 14.6 Å². The van der Waals surface area contributed by atoms with Crippen molar-refractivity contribution in [3.63, 3.8) is 0 Å². The fourth-order valence-corrected chi connectivity index (χ4v) is 2.74. The first-order valence-electron chi connectivity index (χ1n) is 7.14. The Morgan fingerprint density at radius 1 is 1.42 bits per heavy atom. The van der Waals surface area contributed by atoms with Gasteiger partial charge in [0.25, 0.3) is 0 Å². The highest BCUT2D eigenvalue weighted by Crippen LogP contribution is 2.31. The van der Waals surface area contributed by atoms with E-state index < -0.39 is 6.09 Å². The molecule has 0 spiro atoms. The number of nitrogens with one attached hydrogen (secondary N) is 1. The second kappa shape index (κ2) is 6.13. The summed E-state index contributed by atoms with van der Waals surface area (Å²) < 4.78 is 5.50. The molecule has 0 bridgehead atoms. The highest BCUT2D eigenvalue weighted by atomic mass is 16.6. The lowest BCUT2D eigenvalue weighted by molar-refractivity contribution is 0.0240. The van der Waals surface area contributed by atoms with Crippen molar-refractivity contribution >= 4 is 6.09 Å². The summed E-state index contributed by atoms with van der Waals surface area (Å²) >= 11 is 0. The van der Waals surface area contributed by atoms with Crippen LogP contribution in [0.15, 0.2) is 23.6 Å². The van der Waals surface area contributed by atoms with Gasteiger partial charge in [-0.25, -0.2) is 4.79 Å². The number of ether oxygens (including phenoxy) is 1. The zero-order chi connectivity index (χ0) is 13.8. The van der Waals surface area contributed by atoms with E-state index in [1.807, 2.05) is 6.08 Å². The summed E-state index contributed by atoms with van der Waals surface area (Å²) in [6.45, 7) is 4.34. The molecule has 0 radical (unpaired) electrons. The van der Waals surface area contributed by atoms with E-state index in [0.29, 0.717) is 24.0 Å². The van der Waals surface area contributed by atoms with Gasteiger partial charge in [-0.15, -0.1) is 0 Å². The fraction of sp³-hybridized carbons (Fsp3) is 0.667. The van der Waals surface area contributed by atoms with Crippen molar-refractivity contribution in [2.75, 3.05) is 0 Å².